The number of hydrogen-bond acceptors (Lipinski definition) is 4. The Kier molecular flexibility index (Phi) is 11.4. The monoisotopic (exact) mass is 729 g/mol. The first-order valence-corrected chi connectivity index (χ1v) is 17.2. The number of nitrogens with zero attached hydrogens (tertiary/aromatic N) is 2. The zero-order chi connectivity index (χ0) is 32.8. The highest BCUT2D eigenvalue weighted by Crippen LogP contribution is 2.30. The Morgan fingerprint density at radius 3 is 1.93 bits per heavy atom. The first kappa shape index (κ1) is 34.5. The summed E-state index contributed by atoms with van der Waals surface area (Å²) in [7, 11) is -4.27. The average Bonchev–Trinajstić information content (AvgIpc) is 2.98. The third-order valence-electron chi connectivity index (χ3n) is 6.78. The largest absolute Gasteiger partial charge is 0.350 e. The number of nitrogens with one attached hydrogen (secondary N) is 1. The van der Waals surface area contributed by atoms with Crippen LogP contribution in [0.15, 0.2) is 112 Å². The molecule has 0 aliphatic heterocycles. The Bertz CT molecular complexity index is 1710. The van der Waals surface area contributed by atoms with Crippen LogP contribution in [-0.2, 0) is 32.6 Å². The second-order valence-electron chi connectivity index (χ2n) is 11.5. The molecule has 0 aliphatic rings. The number of sulfonamides is 1. The molecule has 2 amide bonds. The van der Waals surface area contributed by atoms with Crippen molar-refractivity contribution in [3.05, 3.63) is 129 Å². The molecule has 0 heterocycles. The Labute approximate surface area is 283 Å². The van der Waals surface area contributed by atoms with Crippen molar-refractivity contribution in [2.45, 2.75) is 50.2 Å². The van der Waals surface area contributed by atoms with E-state index in [1.54, 1.807) is 18.2 Å². The summed E-state index contributed by atoms with van der Waals surface area (Å²) in [4.78, 5) is 29.9. The highest BCUT2D eigenvalue weighted by atomic mass is 79.9. The van der Waals surface area contributed by atoms with E-state index >= 15 is 0 Å². The predicted molar refractivity (Wildman–Crippen MR) is 184 cm³/mol. The summed E-state index contributed by atoms with van der Waals surface area (Å²) in [6.45, 7) is 5.03. The number of anilines is 1. The number of benzene rings is 4. The Morgan fingerprint density at radius 1 is 0.822 bits per heavy atom. The van der Waals surface area contributed by atoms with Crippen molar-refractivity contribution in [3.8, 4) is 0 Å². The molecule has 4 aromatic rings. The van der Waals surface area contributed by atoms with Gasteiger partial charge in [-0.25, -0.2) is 8.42 Å². The van der Waals surface area contributed by atoms with Crippen molar-refractivity contribution < 1.29 is 18.0 Å². The molecule has 1 N–H and O–H groups in total. The molecule has 0 aromatic heterocycles. The van der Waals surface area contributed by atoms with E-state index in [4.69, 9.17) is 23.2 Å². The van der Waals surface area contributed by atoms with Gasteiger partial charge in [0.1, 0.15) is 12.6 Å². The van der Waals surface area contributed by atoms with Crippen LogP contribution in [0.5, 0.6) is 0 Å². The standard InChI is InChI=1S/C34H34BrCl2N3O4S/c1-34(2,3)38-33(42)31(18-24-10-6-4-7-11-24)39(22-25-14-16-26(35)17-15-25)32(41)23-40(29-20-27(36)19-28(37)21-29)45(43,44)30-12-8-5-9-13-30/h4-17,19-21,31H,18,22-23H2,1-3H3,(H,38,42)/t31-/m0/s1. The molecule has 0 radical (unpaired) electrons. The van der Waals surface area contributed by atoms with Crippen LogP contribution < -0.4 is 9.62 Å². The predicted octanol–water partition coefficient (Wildman–Crippen LogP) is 7.51. The number of amides is 2. The van der Waals surface area contributed by atoms with Gasteiger partial charge in [0.05, 0.1) is 10.6 Å². The molecule has 0 aliphatic carbocycles. The Morgan fingerprint density at radius 2 is 1.38 bits per heavy atom. The number of carbonyl (C=O) groups excluding carboxylic acids is 2. The van der Waals surface area contributed by atoms with Crippen molar-refractivity contribution in [2.24, 2.45) is 0 Å². The summed E-state index contributed by atoms with van der Waals surface area (Å²) in [6, 6.07) is 28.0. The van der Waals surface area contributed by atoms with Gasteiger partial charge in [0, 0.05) is 33.0 Å². The van der Waals surface area contributed by atoms with Crippen LogP contribution >= 0.6 is 39.1 Å². The molecule has 1 atom stereocenters. The average molecular weight is 732 g/mol. The van der Waals surface area contributed by atoms with E-state index < -0.39 is 34.1 Å². The van der Waals surface area contributed by atoms with E-state index in [1.807, 2.05) is 75.4 Å². The van der Waals surface area contributed by atoms with Gasteiger partial charge in [-0.2, -0.15) is 0 Å². The molecule has 0 bridgehead atoms. The normalized spacial score (nSPS) is 12.3. The molecule has 0 fully saturated rings. The van der Waals surface area contributed by atoms with Gasteiger partial charge in [-0.05, 0) is 74.4 Å². The highest BCUT2D eigenvalue weighted by molar-refractivity contribution is 9.10. The number of carbonyl (C=O) groups is 2. The SMILES string of the molecule is CC(C)(C)NC(=O)[C@H](Cc1ccccc1)N(Cc1ccc(Br)cc1)C(=O)CN(c1cc(Cl)cc(Cl)c1)S(=O)(=O)c1ccccc1. The first-order valence-electron chi connectivity index (χ1n) is 14.2. The minimum absolute atomic E-state index is 0.0142. The molecule has 236 valence electrons. The van der Waals surface area contributed by atoms with Gasteiger partial charge in [-0.1, -0.05) is 99.8 Å². The van der Waals surface area contributed by atoms with Crippen LogP contribution in [0.2, 0.25) is 10.0 Å². The zero-order valence-corrected chi connectivity index (χ0v) is 29.0. The fourth-order valence-corrected chi connectivity index (χ4v) is 6.92. The molecule has 4 rings (SSSR count). The second-order valence-corrected chi connectivity index (χ2v) is 15.2. The van der Waals surface area contributed by atoms with Crippen molar-refractivity contribution in [1.29, 1.82) is 0 Å². The maximum Gasteiger partial charge on any atom is 0.264 e. The van der Waals surface area contributed by atoms with Crippen LogP contribution in [0.1, 0.15) is 31.9 Å². The van der Waals surface area contributed by atoms with Crippen molar-refractivity contribution in [2.75, 3.05) is 10.8 Å². The molecule has 0 unspecified atom stereocenters. The van der Waals surface area contributed by atoms with Gasteiger partial charge in [0.25, 0.3) is 10.0 Å². The van der Waals surface area contributed by atoms with Gasteiger partial charge in [-0.15, -0.1) is 0 Å². The minimum atomic E-state index is -4.27. The van der Waals surface area contributed by atoms with Crippen molar-refractivity contribution in [1.82, 2.24) is 10.2 Å². The van der Waals surface area contributed by atoms with E-state index in [9.17, 15) is 18.0 Å². The molecule has 7 nitrogen and oxygen atoms in total. The van der Waals surface area contributed by atoms with Gasteiger partial charge in [0.2, 0.25) is 11.8 Å². The summed E-state index contributed by atoms with van der Waals surface area (Å²) >= 11 is 16.0. The van der Waals surface area contributed by atoms with Crippen LogP contribution in [0.25, 0.3) is 0 Å². The van der Waals surface area contributed by atoms with Crippen molar-refractivity contribution in [3.63, 3.8) is 0 Å². The lowest BCUT2D eigenvalue weighted by molar-refractivity contribution is -0.140. The van der Waals surface area contributed by atoms with Crippen LogP contribution in [0, 0.1) is 0 Å². The van der Waals surface area contributed by atoms with E-state index in [2.05, 4.69) is 21.2 Å². The summed E-state index contributed by atoms with van der Waals surface area (Å²) < 4.78 is 30.0. The van der Waals surface area contributed by atoms with E-state index in [0.29, 0.717) is 0 Å². The van der Waals surface area contributed by atoms with Crippen molar-refractivity contribution >= 4 is 66.7 Å². The fraction of sp³-hybridized carbons (Fsp3) is 0.235. The minimum Gasteiger partial charge on any atom is -0.350 e. The van der Waals surface area contributed by atoms with E-state index in [-0.39, 0.29) is 39.5 Å². The van der Waals surface area contributed by atoms with Gasteiger partial charge >= 0.3 is 0 Å². The molecule has 11 heteroatoms. The molecular formula is C34H34BrCl2N3O4S. The smallest absolute Gasteiger partial charge is 0.264 e. The summed E-state index contributed by atoms with van der Waals surface area (Å²) in [5.74, 6) is -0.946. The lowest BCUT2D eigenvalue weighted by atomic mass is 10.0. The third-order valence-corrected chi connectivity index (χ3v) is 9.53. The maximum absolute atomic E-state index is 14.5. The summed E-state index contributed by atoms with van der Waals surface area (Å²) in [6.07, 6.45) is 0.208. The molecule has 0 spiro atoms. The molecule has 45 heavy (non-hydrogen) atoms. The van der Waals surface area contributed by atoms with Gasteiger partial charge < -0.3 is 10.2 Å². The first-order chi connectivity index (χ1) is 21.2. The summed E-state index contributed by atoms with van der Waals surface area (Å²) in [5.41, 5.74) is 1.14. The van der Waals surface area contributed by atoms with Crippen LogP contribution in [0.3, 0.4) is 0 Å². The van der Waals surface area contributed by atoms with E-state index in [1.165, 1.54) is 35.2 Å². The zero-order valence-electron chi connectivity index (χ0n) is 25.1. The second kappa shape index (κ2) is 14.8. The fourth-order valence-electron chi connectivity index (χ4n) is 4.73. The number of hydrogen-bond donors (Lipinski definition) is 1. The lowest BCUT2D eigenvalue weighted by Crippen LogP contribution is -2.56. The van der Waals surface area contributed by atoms with Crippen LogP contribution in [0.4, 0.5) is 5.69 Å². The Balaban J connectivity index is 1.83. The quantitative estimate of drug-likeness (QED) is 0.173. The topological polar surface area (TPSA) is 86.8 Å². The van der Waals surface area contributed by atoms with E-state index in [0.717, 1.165) is 19.9 Å². The maximum atomic E-state index is 14.5. The van der Waals surface area contributed by atoms with Gasteiger partial charge in [0.15, 0.2) is 0 Å². The number of rotatable bonds is 11. The Hall–Kier alpha value is -3.37. The molecule has 0 saturated heterocycles. The molecule has 4 aromatic carbocycles. The highest BCUT2D eigenvalue weighted by Gasteiger charge is 2.35. The molecule has 0 saturated carbocycles. The third kappa shape index (κ3) is 9.56. The van der Waals surface area contributed by atoms with Gasteiger partial charge in [-0.3, -0.25) is 13.9 Å². The molecular weight excluding hydrogens is 697 g/mol. The van der Waals surface area contributed by atoms with Crippen LogP contribution in [-0.4, -0.2) is 43.3 Å². The summed E-state index contributed by atoms with van der Waals surface area (Å²) in [5, 5.41) is 3.43. The lowest BCUT2D eigenvalue weighted by Gasteiger charge is -2.35. The number of halogens is 3.